The molecule has 0 aliphatic carbocycles. The maximum absolute atomic E-state index is 13.4. The Morgan fingerprint density at radius 1 is 1.29 bits per heavy atom. The topological polar surface area (TPSA) is 33.0 Å². The summed E-state index contributed by atoms with van der Waals surface area (Å²) in [4.78, 5) is 0. The molecular formula is C11H9F4NO. The van der Waals surface area contributed by atoms with Crippen molar-refractivity contribution in [1.82, 2.24) is 0 Å². The number of alkyl halides is 2. The summed E-state index contributed by atoms with van der Waals surface area (Å²) in [7, 11) is 1.10. The predicted molar refractivity (Wildman–Crippen MR) is 51.7 cm³/mol. The number of nitriles is 1. The molecule has 2 nitrogen and oxygen atoms in total. The number of hydrogen-bond acceptors (Lipinski definition) is 2. The van der Waals surface area contributed by atoms with Crippen molar-refractivity contribution in [2.24, 2.45) is 0 Å². The van der Waals surface area contributed by atoms with Crippen LogP contribution >= 0.6 is 0 Å². The number of rotatable bonds is 4. The van der Waals surface area contributed by atoms with Crippen LogP contribution in [0.15, 0.2) is 12.1 Å². The van der Waals surface area contributed by atoms with Crippen molar-refractivity contribution in [2.75, 3.05) is 7.11 Å². The largest absolute Gasteiger partial charge is 0.494 e. The van der Waals surface area contributed by atoms with Gasteiger partial charge < -0.3 is 4.74 Å². The van der Waals surface area contributed by atoms with E-state index in [1.54, 1.807) is 0 Å². The highest BCUT2D eigenvalue weighted by molar-refractivity contribution is 5.33. The van der Waals surface area contributed by atoms with Crippen LogP contribution in [0.5, 0.6) is 5.75 Å². The number of methoxy groups -OCH3 is 1. The van der Waals surface area contributed by atoms with Gasteiger partial charge in [-0.25, -0.2) is 17.6 Å². The molecule has 0 bridgehead atoms. The molecule has 0 saturated heterocycles. The summed E-state index contributed by atoms with van der Waals surface area (Å²) in [5.74, 6) is -6.35. The second kappa shape index (κ2) is 5.04. The molecule has 17 heavy (non-hydrogen) atoms. The zero-order chi connectivity index (χ0) is 13.1. The second-order valence-electron chi connectivity index (χ2n) is 3.33. The molecule has 0 radical (unpaired) electrons. The summed E-state index contributed by atoms with van der Waals surface area (Å²) in [6, 6.07) is 2.48. The first-order valence-corrected chi connectivity index (χ1v) is 4.70. The molecule has 6 heteroatoms. The van der Waals surface area contributed by atoms with E-state index in [1.165, 1.54) is 6.07 Å². The summed E-state index contributed by atoms with van der Waals surface area (Å²) in [6.07, 6.45) is -1.30. The number of halogens is 4. The minimum atomic E-state index is -3.58. The quantitative estimate of drug-likeness (QED) is 0.764. The molecule has 0 spiro atoms. The van der Waals surface area contributed by atoms with E-state index in [-0.39, 0.29) is 0 Å². The smallest absolute Gasteiger partial charge is 0.277 e. The number of hydrogen-bond donors (Lipinski definition) is 0. The molecule has 0 unspecified atom stereocenters. The predicted octanol–water partition coefficient (Wildman–Crippen LogP) is 3.37. The Labute approximate surface area is 95.4 Å². The first-order valence-electron chi connectivity index (χ1n) is 4.70. The van der Waals surface area contributed by atoms with Crippen LogP contribution in [0.1, 0.15) is 18.4 Å². The Morgan fingerprint density at radius 3 is 2.47 bits per heavy atom. The Hall–Kier alpha value is -1.77. The van der Waals surface area contributed by atoms with Gasteiger partial charge in [-0.05, 0) is 6.07 Å². The molecule has 0 heterocycles. The van der Waals surface area contributed by atoms with E-state index >= 15 is 0 Å². The molecular weight excluding hydrogens is 238 g/mol. The number of ether oxygens (including phenoxy) is 1. The number of benzene rings is 1. The van der Waals surface area contributed by atoms with Crippen LogP contribution in [0.2, 0.25) is 0 Å². The zero-order valence-electron chi connectivity index (χ0n) is 8.94. The standard InChI is InChI=1S/C11H9F4NO/c1-17-10-6-8(12)7(5-9(10)13)11(14,15)3-2-4-16/h5-6H,2-3H2,1H3. The van der Waals surface area contributed by atoms with E-state index < -0.39 is 41.7 Å². The van der Waals surface area contributed by atoms with Crippen LogP contribution in [-0.2, 0) is 5.92 Å². The average molecular weight is 247 g/mol. The maximum Gasteiger partial charge on any atom is 0.277 e. The van der Waals surface area contributed by atoms with Gasteiger partial charge in [0.1, 0.15) is 5.82 Å². The van der Waals surface area contributed by atoms with Crippen molar-refractivity contribution < 1.29 is 22.3 Å². The third kappa shape index (κ3) is 2.87. The van der Waals surface area contributed by atoms with E-state index in [9.17, 15) is 17.6 Å². The monoisotopic (exact) mass is 247 g/mol. The second-order valence-corrected chi connectivity index (χ2v) is 3.33. The first kappa shape index (κ1) is 13.3. The van der Waals surface area contributed by atoms with E-state index in [2.05, 4.69) is 4.74 Å². The van der Waals surface area contributed by atoms with Crippen molar-refractivity contribution in [2.45, 2.75) is 18.8 Å². The molecule has 0 aromatic heterocycles. The zero-order valence-corrected chi connectivity index (χ0v) is 8.94. The van der Waals surface area contributed by atoms with Crippen LogP contribution in [0, 0.1) is 23.0 Å². The maximum atomic E-state index is 13.4. The van der Waals surface area contributed by atoms with E-state index in [4.69, 9.17) is 5.26 Å². The normalized spacial score (nSPS) is 11.1. The highest BCUT2D eigenvalue weighted by Crippen LogP contribution is 2.36. The lowest BCUT2D eigenvalue weighted by Crippen LogP contribution is -2.16. The Kier molecular flexibility index (Phi) is 3.94. The van der Waals surface area contributed by atoms with Gasteiger partial charge in [-0.2, -0.15) is 5.26 Å². The Bertz CT molecular complexity index is 454. The summed E-state index contributed by atoms with van der Waals surface area (Å²) < 4.78 is 57.8. The van der Waals surface area contributed by atoms with Crippen LogP contribution in [-0.4, -0.2) is 7.11 Å². The van der Waals surface area contributed by atoms with Gasteiger partial charge in [-0.3, -0.25) is 0 Å². The summed E-state index contributed by atoms with van der Waals surface area (Å²) in [5.41, 5.74) is -1.06. The highest BCUT2D eigenvalue weighted by atomic mass is 19.3. The van der Waals surface area contributed by atoms with Crippen molar-refractivity contribution in [3.05, 3.63) is 29.3 Å². The minimum Gasteiger partial charge on any atom is -0.494 e. The van der Waals surface area contributed by atoms with E-state index in [1.807, 2.05) is 0 Å². The fourth-order valence-corrected chi connectivity index (χ4v) is 1.31. The molecule has 0 saturated carbocycles. The molecule has 0 atom stereocenters. The van der Waals surface area contributed by atoms with Gasteiger partial charge in [0.25, 0.3) is 5.92 Å². The first-order chi connectivity index (χ1) is 7.92. The Morgan fingerprint density at radius 2 is 1.94 bits per heavy atom. The van der Waals surface area contributed by atoms with Gasteiger partial charge in [0.15, 0.2) is 11.6 Å². The van der Waals surface area contributed by atoms with E-state index in [0.717, 1.165) is 7.11 Å². The van der Waals surface area contributed by atoms with Gasteiger partial charge in [-0.1, -0.05) is 0 Å². The van der Waals surface area contributed by atoms with Crippen LogP contribution < -0.4 is 4.74 Å². The molecule has 92 valence electrons. The fraction of sp³-hybridized carbons (Fsp3) is 0.364. The third-order valence-electron chi connectivity index (χ3n) is 2.19. The molecule has 1 rings (SSSR count). The van der Waals surface area contributed by atoms with Crippen LogP contribution in [0.25, 0.3) is 0 Å². The van der Waals surface area contributed by atoms with Gasteiger partial charge in [0.2, 0.25) is 0 Å². The fourth-order valence-electron chi connectivity index (χ4n) is 1.31. The van der Waals surface area contributed by atoms with Crippen molar-refractivity contribution >= 4 is 0 Å². The van der Waals surface area contributed by atoms with Gasteiger partial charge >= 0.3 is 0 Å². The Balaban J connectivity index is 3.14. The lowest BCUT2D eigenvalue weighted by Gasteiger charge is -2.16. The molecule has 0 fully saturated rings. The van der Waals surface area contributed by atoms with Crippen LogP contribution in [0.3, 0.4) is 0 Å². The molecule has 0 amide bonds. The summed E-state index contributed by atoms with van der Waals surface area (Å²) in [6.45, 7) is 0. The van der Waals surface area contributed by atoms with Crippen molar-refractivity contribution in [1.29, 1.82) is 5.26 Å². The van der Waals surface area contributed by atoms with Crippen LogP contribution in [0.4, 0.5) is 17.6 Å². The van der Waals surface area contributed by atoms with Gasteiger partial charge in [-0.15, -0.1) is 0 Å². The van der Waals surface area contributed by atoms with Gasteiger partial charge in [0.05, 0.1) is 18.7 Å². The number of nitrogens with zero attached hydrogens (tertiary/aromatic N) is 1. The summed E-state index contributed by atoms with van der Waals surface area (Å²) >= 11 is 0. The minimum absolute atomic E-state index is 0.394. The van der Waals surface area contributed by atoms with Gasteiger partial charge in [0, 0.05) is 18.9 Å². The molecule has 0 aliphatic rings. The molecule has 0 aliphatic heterocycles. The third-order valence-corrected chi connectivity index (χ3v) is 2.19. The molecule has 0 N–H and O–H groups in total. The van der Waals surface area contributed by atoms with E-state index in [0.29, 0.717) is 12.1 Å². The summed E-state index contributed by atoms with van der Waals surface area (Å²) in [5, 5.41) is 8.21. The van der Waals surface area contributed by atoms with Crippen molar-refractivity contribution in [3.63, 3.8) is 0 Å². The molecule has 1 aromatic carbocycles. The highest BCUT2D eigenvalue weighted by Gasteiger charge is 2.35. The molecule has 1 aromatic rings. The lowest BCUT2D eigenvalue weighted by molar-refractivity contribution is -0.0157. The lowest BCUT2D eigenvalue weighted by atomic mass is 10.0. The average Bonchev–Trinajstić information content (AvgIpc) is 2.28. The SMILES string of the molecule is COc1cc(F)c(C(F)(F)CCC#N)cc1F. The van der Waals surface area contributed by atoms with Crippen molar-refractivity contribution in [3.8, 4) is 11.8 Å².